The molecule has 1 heterocycles. The summed E-state index contributed by atoms with van der Waals surface area (Å²) in [4.78, 5) is 24.7. The molecule has 0 spiro atoms. The van der Waals surface area contributed by atoms with Gasteiger partial charge in [-0.05, 0) is 41.4 Å². The van der Waals surface area contributed by atoms with Gasteiger partial charge in [-0.25, -0.2) is 0 Å². The maximum absolute atomic E-state index is 12.5. The summed E-state index contributed by atoms with van der Waals surface area (Å²) < 4.78 is 5.69. The van der Waals surface area contributed by atoms with E-state index in [4.69, 9.17) is 4.74 Å². The van der Waals surface area contributed by atoms with E-state index in [1.54, 1.807) is 11.0 Å². The summed E-state index contributed by atoms with van der Waals surface area (Å²) in [6, 6.07) is 4.46. The van der Waals surface area contributed by atoms with Gasteiger partial charge in [0.25, 0.3) is 11.6 Å². The molecule has 1 amide bonds. The van der Waals surface area contributed by atoms with Crippen molar-refractivity contribution in [3.8, 4) is 0 Å². The molecule has 0 aliphatic carbocycles. The number of halogens is 1. The van der Waals surface area contributed by atoms with Gasteiger partial charge in [0.2, 0.25) is 0 Å². The van der Waals surface area contributed by atoms with E-state index < -0.39 is 4.92 Å². The summed E-state index contributed by atoms with van der Waals surface area (Å²) in [5.41, 5.74) is 0.242. The highest BCUT2D eigenvalue weighted by Crippen LogP contribution is 2.26. The van der Waals surface area contributed by atoms with Crippen molar-refractivity contribution in [2.75, 3.05) is 26.3 Å². The zero-order valence-corrected chi connectivity index (χ0v) is 13.3. The Balaban J connectivity index is 2.16. The third kappa shape index (κ3) is 3.79. The number of hydrogen-bond acceptors (Lipinski definition) is 4. The highest BCUT2D eigenvalue weighted by molar-refractivity contribution is 9.10. The van der Waals surface area contributed by atoms with Crippen LogP contribution in [-0.2, 0) is 4.74 Å². The second-order valence-corrected chi connectivity index (χ2v) is 5.85. The van der Waals surface area contributed by atoms with Crippen LogP contribution in [0, 0.1) is 16.0 Å². The minimum absolute atomic E-state index is 0.0962. The molecule has 114 valence electrons. The Labute approximate surface area is 131 Å². The summed E-state index contributed by atoms with van der Waals surface area (Å²) in [5, 5.41) is 10.9. The first-order chi connectivity index (χ1) is 10.0. The van der Waals surface area contributed by atoms with E-state index in [0.717, 1.165) is 13.0 Å². The summed E-state index contributed by atoms with van der Waals surface area (Å²) in [7, 11) is 0. The number of nitrogens with zero attached hydrogens (tertiary/aromatic N) is 2. The largest absolute Gasteiger partial charge is 0.381 e. The summed E-state index contributed by atoms with van der Waals surface area (Å²) in [6.07, 6.45) is 0.949. The van der Waals surface area contributed by atoms with Crippen LogP contribution in [0.5, 0.6) is 0 Å². The number of ether oxygens (including phenoxy) is 1. The van der Waals surface area contributed by atoms with Gasteiger partial charge in [-0.3, -0.25) is 14.9 Å². The van der Waals surface area contributed by atoms with Gasteiger partial charge < -0.3 is 9.64 Å². The van der Waals surface area contributed by atoms with Gasteiger partial charge in [0.1, 0.15) is 0 Å². The fraction of sp³-hybridized carbons (Fsp3) is 0.500. The second-order valence-electron chi connectivity index (χ2n) is 5.00. The van der Waals surface area contributed by atoms with Crippen molar-refractivity contribution < 1.29 is 14.5 Å². The van der Waals surface area contributed by atoms with Crippen LogP contribution in [-0.4, -0.2) is 42.0 Å². The van der Waals surface area contributed by atoms with Gasteiger partial charge in [0.05, 0.1) is 16.0 Å². The Hall–Kier alpha value is -1.47. The van der Waals surface area contributed by atoms with Gasteiger partial charge in [-0.2, -0.15) is 0 Å². The van der Waals surface area contributed by atoms with Gasteiger partial charge in [0.15, 0.2) is 0 Å². The molecular weight excluding hydrogens is 340 g/mol. The van der Waals surface area contributed by atoms with E-state index in [9.17, 15) is 14.9 Å². The number of benzene rings is 1. The van der Waals surface area contributed by atoms with Crippen LogP contribution in [0.25, 0.3) is 0 Å². The highest BCUT2D eigenvalue weighted by Gasteiger charge is 2.24. The van der Waals surface area contributed by atoms with Crippen molar-refractivity contribution in [3.63, 3.8) is 0 Å². The zero-order chi connectivity index (χ0) is 15.4. The van der Waals surface area contributed by atoms with Crippen molar-refractivity contribution in [2.24, 2.45) is 5.92 Å². The van der Waals surface area contributed by atoms with Gasteiger partial charge in [-0.15, -0.1) is 0 Å². The molecule has 0 radical (unpaired) electrons. The quantitative estimate of drug-likeness (QED) is 0.600. The molecule has 0 saturated carbocycles. The Morgan fingerprint density at radius 1 is 1.57 bits per heavy atom. The molecule has 1 aromatic rings. The highest BCUT2D eigenvalue weighted by atomic mass is 79.9. The molecule has 1 aliphatic heterocycles. The lowest BCUT2D eigenvalue weighted by atomic mass is 10.1. The monoisotopic (exact) mass is 356 g/mol. The molecule has 1 fully saturated rings. The SMILES string of the molecule is CCN(CC1CCOC1)C(=O)c1ccc(Br)c([N+](=O)[O-])c1. The van der Waals surface area contributed by atoms with Crippen LogP contribution in [0.15, 0.2) is 22.7 Å². The van der Waals surface area contributed by atoms with E-state index in [-0.39, 0.29) is 11.6 Å². The molecule has 0 N–H and O–H groups in total. The zero-order valence-electron chi connectivity index (χ0n) is 11.8. The van der Waals surface area contributed by atoms with Crippen molar-refractivity contribution in [1.82, 2.24) is 4.90 Å². The van der Waals surface area contributed by atoms with Gasteiger partial charge in [-0.1, -0.05) is 0 Å². The number of nitro benzene ring substituents is 1. The average Bonchev–Trinajstić information content (AvgIpc) is 2.97. The molecule has 1 unspecified atom stereocenters. The van der Waals surface area contributed by atoms with Crippen LogP contribution in [0.3, 0.4) is 0 Å². The maximum Gasteiger partial charge on any atom is 0.284 e. The van der Waals surface area contributed by atoms with Crippen LogP contribution < -0.4 is 0 Å². The Kier molecular flexibility index (Phi) is 5.30. The second kappa shape index (κ2) is 7.00. The lowest BCUT2D eigenvalue weighted by Crippen LogP contribution is -2.35. The van der Waals surface area contributed by atoms with Crippen LogP contribution in [0.1, 0.15) is 23.7 Å². The van der Waals surface area contributed by atoms with E-state index >= 15 is 0 Å². The Bertz CT molecular complexity index is 544. The Morgan fingerprint density at radius 2 is 2.33 bits per heavy atom. The number of carbonyl (C=O) groups excluding carboxylic acids is 1. The number of amides is 1. The first-order valence-electron chi connectivity index (χ1n) is 6.84. The Morgan fingerprint density at radius 3 is 2.90 bits per heavy atom. The average molecular weight is 357 g/mol. The minimum atomic E-state index is -0.498. The third-order valence-electron chi connectivity index (χ3n) is 3.56. The van der Waals surface area contributed by atoms with Crippen LogP contribution >= 0.6 is 15.9 Å². The molecule has 7 heteroatoms. The van der Waals surface area contributed by atoms with Crippen molar-refractivity contribution >= 4 is 27.5 Å². The smallest absolute Gasteiger partial charge is 0.284 e. The van der Waals surface area contributed by atoms with E-state index in [1.807, 2.05) is 6.92 Å². The van der Waals surface area contributed by atoms with E-state index in [0.29, 0.717) is 35.7 Å². The predicted molar refractivity (Wildman–Crippen MR) is 81.3 cm³/mol. The summed E-state index contributed by atoms with van der Waals surface area (Å²) >= 11 is 3.12. The van der Waals surface area contributed by atoms with Crippen molar-refractivity contribution in [2.45, 2.75) is 13.3 Å². The van der Waals surface area contributed by atoms with Crippen molar-refractivity contribution in [1.29, 1.82) is 0 Å². The van der Waals surface area contributed by atoms with Gasteiger partial charge in [0, 0.05) is 37.2 Å². The molecule has 0 aromatic heterocycles. The van der Waals surface area contributed by atoms with Crippen molar-refractivity contribution in [3.05, 3.63) is 38.3 Å². The maximum atomic E-state index is 12.5. The molecule has 1 aromatic carbocycles. The predicted octanol–water partition coefficient (Wildman–Crippen LogP) is 2.86. The number of nitro groups is 1. The van der Waals surface area contributed by atoms with E-state index in [1.165, 1.54) is 12.1 Å². The molecule has 6 nitrogen and oxygen atoms in total. The fourth-order valence-electron chi connectivity index (χ4n) is 2.36. The molecular formula is C14H17BrN2O4. The minimum Gasteiger partial charge on any atom is -0.381 e. The van der Waals surface area contributed by atoms with Crippen LogP contribution in [0.2, 0.25) is 0 Å². The molecule has 1 atom stereocenters. The molecule has 2 rings (SSSR count). The standard InChI is InChI=1S/C14H17BrN2O4/c1-2-16(8-10-5-6-21-9-10)14(18)11-3-4-12(15)13(7-11)17(19)20/h3-4,7,10H,2,5-6,8-9H2,1H3. The normalized spacial score (nSPS) is 17.7. The first kappa shape index (κ1) is 15.9. The number of hydrogen-bond donors (Lipinski definition) is 0. The van der Waals surface area contributed by atoms with Crippen LogP contribution in [0.4, 0.5) is 5.69 Å². The molecule has 0 bridgehead atoms. The third-order valence-corrected chi connectivity index (χ3v) is 4.23. The number of rotatable bonds is 5. The summed E-state index contributed by atoms with van der Waals surface area (Å²) in [5.74, 6) is 0.166. The lowest BCUT2D eigenvalue weighted by Gasteiger charge is -2.23. The fourth-order valence-corrected chi connectivity index (χ4v) is 2.75. The first-order valence-corrected chi connectivity index (χ1v) is 7.63. The van der Waals surface area contributed by atoms with Gasteiger partial charge >= 0.3 is 0 Å². The summed E-state index contributed by atoms with van der Waals surface area (Å²) in [6.45, 7) is 4.50. The lowest BCUT2D eigenvalue weighted by molar-refractivity contribution is -0.385. The molecule has 1 aliphatic rings. The molecule has 21 heavy (non-hydrogen) atoms. The van der Waals surface area contributed by atoms with E-state index in [2.05, 4.69) is 15.9 Å². The topological polar surface area (TPSA) is 72.7 Å². The number of carbonyl (C=O) groups is 1. The molecule has 1 saturated heterocycles.